The minimum absolute atomic E-state index is 0.0758. The Morgan fingerprint density at radius 3 is 2.39 bits per heavy atom. The van der Waals surface area contributed by atoms with E-state index in [-0.39, 0.29) is 5.91 Å². The van der Waals surface area contributed by atoms with Gasteiger partial charge in [0, 0.05) is 44.0 Å². The van der Waals surface area contributed by atoms with Crippen LogP contribution in [0, 0.1) is 27.7 Å². The largest absolute Gasteiger partial charge is 0.462 e. The molecule has 1 aliphatic rings. The standard InChI is InChI=1S/C20H28N4O4/c1-6-27-20(26)17-12(2)18(21-14(17)4)19(25)24-9-7-23(8-10-24)11-16-13(3)22-28-15(16)5/h21H,6-11H2,1-5H3. The number of piperazine rings is 1. The molecule has 3 heterocycles. The quantitative estimate of drug-likeness (QED) is 0.791. The third-order valence-electron chi connectivity index (χ3n) is 5.35. The Kier molecular flexibility index (Phi) is 5.88. The molecule has 8 heteroatoms. The first-order valence-electron chi connectivity index (χ1n) is 9.63. The summed E-state index contributed by atoms with van der Waals surface area (Å²) in [6.07, 6.45) is 0. The average Bonchev–Trinajstić information content (AvgIpc) is 3.14. The molecule has 1 saturated heterocycles. The fraction of sp³-hybridized carbons (Fsp3) is 0.550. The van der Waals surface area contributed by atoms with Crippen LogP contribution in [0.5, 0.6) is 0 Å². The maximum atomic E-state index is 13.0. The molecule has 0 aromatic carbocycles. The van der Waals surface area contributed by atoms with Gasteiger partial charge in [0.25, 0.3) is 5.91 Å². The molecule has 0 aliphatic carbocycles. The smallest absolute Gasteiger partial charge is 0.340 e. The number of carbonyl (C=O) groups is 2. The molecule has 0 bridgehead atoms. The Balaban J connectivity index is 1.66. The zero-order valence-corrected chi connectivity index (χ0v) is 17.2. The van der Waals surface area contributed by atoms with Crippen LogP contribution in [0.3, 0.4) is 0 Å². The zero-order chi connectivity index (χ0) is 20.4. The molecule has 2 aromatic heterocycles. The Bertz CT molecular complexity index is 856. The van der Waals surface area contributed by atoms with Crippen LogP contribution in [-0.2, 0) is 11.3 Å². The van der Waals surface area contributed by atoms with E-state index < -0.39 is 5.97 Å². The van der Waals surface area contributed by atoms with Crippen LogP contribution in [0.4, 0.5) is 0 Å². The summed E-state index contributed by atoms with van der Waals surface area (Å²) in [7, 11) is 0. The Morgan fingerprint density at radius 1 is 1.14 bits per heavy atom. The van der Waals surface area contributed by atoms with Crippen LogP contribution in [-0.4, -0.2) is 64.6 Å². The molecule has 0 spiro atoms. The number of nitrogens with one attached hydrogen (secondary N) is 1. The van der Waals surface area contributed by atoms with Gasteiger partial charge in [-0.2, -0.15) is 0 Å². The lowest BCUT2D eigenvalue weighted by molar-refractivity contribution is 0.0525. The number of aryl methyl sites for hydroxylation is 3. The van der Waals surface area contributed by atoms with Crippen molar-refractivity contribution in [2.45, 2.75) is 41.2 Å². The maximum absolute atomic E-state index is 13.0. The third kappa shape index (κ3) is 3.82. The summed E-state index contributed by atoms with van der Waals surface area (Å²) < 4.78 is 10.3. The van der Waals surface area contributed by atoms with E-state index in [4.69, 9.17) is 9.26 Å². The molecule has 1 N–H and O–H groups in total. The van der Waals surface area contributed by atoms with Crippen molar-refractivity contribution in [3.8, 4) is 0 Å². The average molecular weight is 388 g/mol. The van der Waals surface area contributed by atoms with E-state index in [9.17, 15) is 9.59 Å². The van der Waals surface area contributed by atoms with Crippen molar-refractivity contribution in [1.29, 1.82) is 0 Å². The second-order valence-corrected chi connectivity index (χ2v) is 7.22. The number of amides is 1. The van der Waals surface area contributed by atoms with Crippen LogP contribution in [0.1, 0.15) is 56.0 Å². The number of ether oxygens (including phenoxy) is 1. The van der Waals surface area contributed by atoms with E-state index in [0.29, 0.717) is 42.2 Å². The summed E-state index contributed by atoms with van der Waals surface area (Å²) in [6.45, 7) is 13.1. The van der Waals surface area contributed by atoms with Crippen molar-refractivity contribution in [3.05, 3.63) is 39.5 Å². The van der Waals surface area contributed by atoms with Gasteiger partial charge in [0.1, 0.15) is 11.5 Å². The number of nitrogens with zero attached hydrogens (tertiary/aromatic N) is 3. The fourth-order valence-corrected chi connectivity index (χ4v) is 3.69. The molecule has 152 valence electrons. The first-order valence-corrected chi connectivity index (χ1v) is 9.63. The Labute approximate surface area is 164 Å². The second kappa shape index (κ2) is 8.18. The number of hydrogen-bond donors (Lipinski definition) is 1. The number of aromatic amines is 1. The van der Waals surface area contributed by atoms with E-state index in [1.165, 1.54) is 0 Å². The van der Waals surface area contributed by atoms with Crippen molar-refractivity contribution in [3.63, 3.8) is 0 Å². The molecular formula is C20H28N4O4. The molecule has 2 aromatic rings. The predicted octanol–water partition coefficient (Wildman–Crippen LogP) is 2.37. The Morgan fingerprint density at radius 2 is 1.82 bits per heavy atom. The minimum Gasteiger partial charge on any atom is -0.462 e. The van der Waals surface area contributed by atoms with Crippen LogP contribution in [0.15, 0.2) is 4.52 Å². The predicted molar refractivity (Wildman–Crippen MR) is 103 cm³/mol. The van der Waals surface area contributed by atoms with Crippen molar-refractivity contribution < 1.29 is 18.8 Å². The highest BCUT2D eigenvalue weighted by Crippen LogP contribution is 2.22. The summed E-state index contributed by atoms with van der Waals surface area (Å²) in [6, 6.07) is 0. The number of aromatic nitrogens is 2. The molecule has 8 nitrogen and oxygen atoms in total. The Hall–Kier alpha value is -2.61. The van der Waals surface area contributed by atoms with Gasteiger partial charge < -0.3 is 19.1 Å². The van der Waals surface area contributed by atoms with Crippen molar-refractivity contribution in [1.82, 2.24) is 19.9 Å². The van der Waals surface area contributed by atoms with Gasteiger partial charge >= 0.3 is 5.97 Å². The highest BCUT2D eigenvalue weighted by Gasteiger charge is 2.28. The summed E-state index contributed by atoms with van der Waals surface area (Å²) in [5, 5.41) is 4.00. The molecule has 0 saturated carbocycles. The first-order chi connectivity index (χ1) is 13.3. The van der Waals surface area contributed by atoms with Gasteiger partial charge in [-0.1, -0.05) is 5.16 Å². The van der Waals surface area contributed by atoms with Crippen molar-refractivity contribution in [2.24, 2.45) is 0 Å². The van der Waals surface area contributed by atoms with Gasteiger partial charge in [-0.25, -0.2) is 4.79 Å². The van der Waals surface area contributed by atoms with Gasteiger partial charge in [-0.05, 0) is 40.2 Å². The fourth-order valence-electron chi connectivity index (χ4n) is 3.69. The lowest BCUT2D eigenvalue weighted by Crippen LogP contribution is -2.48. The van der Waals surface area contributed by atoms with E-state index in [1.807, 2.05) is 18.7 Å². The second-order valence-electron chi connectivity index (χ2n) is 7.22. The van der Waals surface area contributed by atoms with Crippen LogP contribution in [0.2, 0.25) is 0 Å². The van der Waals surface area contributed by atoms with E-state index in [2.05, 4.69) is 15.0 Å². The molecule has 1 aliphatic heterocycles. The molecule has 1 amide bonds. The maximum Gasteiger partial charge on any atom is 0.340 e. The van der Waals surface area contributed by atoms with E-state index >= 15 is 0 Å². The lowest BCUT2D eigenvalue weighted by atomic mass is 10.1. The van der Waals surface area contributed by atoms with E-state index in [1.54, 1.807) is 20.8 Å². The molecule has 0 radical (unpaired) electrons. The summed E-state index contributed by atoms with van der Waals surface area (Å²) in [5.74, 6) is 0.380. The molecule has 1 fully saturated rings. The van der Waals surface area contributed by atoms with Gasteiger partial charge in [-0.15, -0.1) is 0 Å². The number of carbonyl (C=O) groups excluding carboxylic acids is 2. The van der Waals surface area contributed by atoms with Gasteiger partial charge in [0.2, 0.25) is 0 Å². The van der Waals surface area contributed by atoms with Crippen LogP contribution >= 0.6 is 0 Å². The molecule has 0 unspecified atom stereocenters. The zero-order valence-electron chi connectivity index (χ0n) is 17.2. The first kappa shape index (κ1) is 20.1. The van der Waals surface area contributed by atoms with Gasteiger partial charge in [0.05, 0.1) is 17.9 Å². The van der Waals surface area contributed by atoms with E-state index in [0.717, 1.165) is 36.7 Å². The number of hydrogen-bond acceptors (Lipinski definition) is 6. The summed E-state index contributed by atoms with van der Waals surface area (Å²) in [5.41, 5.74) is 4.28. The van der Waals surface area contributed by atoms with Gasteiger partial charge in [-0.3, -0.25) is 9.69 Å². The van der Waals surface area contributed by atoms with Crippen LogP contribution in [0.25, 0.3) is 0 Å². The highest BCUT2D eigenvalue weighted by molar-refractivity contribution is 6.00. The number of rotatable bonds is 5. The third-order valence-corrected chi connectivity index (χ3v) is 5.35. The highest BCUT2D eigenvalue weighted by atomic mass is 16.5. The van der Waals surface area contributed by atoms with Crippen molar-refractivity contribution >= 4 is 11.9 Å². The van der Waals surface area contributed by atoms with Crippen molar-refractivity contribution in [2.75, 3.05) is 32.8 Å². The summed E-state index contributed by atoms with van der Waals surface area (Å²) in [4.78, 5) is 32.4. The minimum atomic E-state index is -0.392. The monoisotopic (exact) mass is 388 g/mol. The number of esters is 1. The molecule has 0 atom stereocenters. The SMILES string of the molecule is CCOC(=O)c1c(C)[nH]c(C(=O)N2CCN(Cc3c(C)noc3C)CC2)c1C. The van der Waals surface area contributed by atoms with Gasteiger partial charge in [0.15, 0.2) is 0 Å². The molecule has 28 heavy (non-hydrogen) atoms. The molecule has 3 rings (SSSR count). The normalized spacial score (nSPS) is 15.1. The van der Waals surface area contributed by atoms with Crippen LogP contribution < -0.4 is 0 Å². The lowest BCUT2D eigenvalue weighted by Gasteiger charge is -2.34. The summed E-state index contributed by atoms with van der Waals surface area (Å²) >= 11 is 0. The number of H-pyrrole nitrogens is 1. The topological polar surface area (TPSA) is 91.7 Å². The molecular weight excluding hydrogens is 360 g/mol.